The maximum absolute atomic E-state index is 12.9. The van der Waals surface area contributed by atoms with Crippen LogP contribution in [0.5, 0.6) is 5.75 Å². The van der Waals surface area contributed by atoms with Crippen molar-refractivity contribution in [3.63, 3.8) is 0 Å². The van der Waals surface area contributed by atoms with Gasteiger partial charge in [0.25, 0.3) is 5.91 Å². The lowest BCUT2D eigenvalue weighted by Gasteiger charge is -2.18. The van der Waals surface area contributed by atoms with E-state index in [0.717, 1.165) is 5.56 Å². The number of aryl methyl sites for hydroxylation is 1. The first-order chi connectivity index (χ1) is 14.2. The Labute approximate surface area is 170 Å². The molecule has 0 aliphatic heterocycles. The van der Waals surface area contributed by atoms with Crippen LogP contribution in [0.1, 0.15) is 23.7 Å². The molecule has 1 amide bonds. The standard InChI is InChI=1S/C24H23NO4/c1-28-21-15-13-20(14-16-21)25-24(27)23(19-10-6-3-7-11-19)29-22(26)17-12-18-8-4-2-5-9-18/h2-11,13-16,23H,12,17H2,1H3,(H,25,27). The van der Waals surface area contributed by atoms with Crippen LogP contribution in [0.25, 0.3) is 0 Å². The second kappa shape index (κ2) is 10.1. The lowest BCUT2D eigenvalue weighted by molar-refractivity contribution is -0.154. The summed E-state index contributed by atoms with van der Waals surface area (Å²) in [5.74, 6) is -0.142. The number of esters is 1. The summed E-state index contributed by atoms with van der Waals surface area (Å²) in [5, 5.41) is 2.80. The molecule has 0 radical (unpaired) electrons. The van der Waals surface area contributed by atoms with Crippen molar-refractivity contribution in [2.45, 2.75) is 18.9 Å². The first-order valence-corrected chi connectivity index (χ1v) is 9.39. The van der Waals surface area contributed by atoms with Crippen molar-refractivity contribution in [1.82, 2.24) is 0 Å². The van der Waals surface area contributed by atoms with Gasteiger partial charge in [0, 0.05) is 17.7 Å². The van der Waals surface area contributed by atoms with Crippen molar-refractivity contribution in [2.24, 2.45) is 0 Å². The monoisotopic (exact) mass is 389 g/mol. The first kappa shape index (κ1) is 20.1. The van der Waals surface area contributed by atoms with Crippen LogP contribution < -0.4 is 10.1 Å². The third kappa shape index (κ3) is 5.94. The zero-order valence-corrected chi connectivity index (χ0v) is 16.2. The van der Waals surface area contributed by atoms with Crippen LogP contribution in [-0.4, -0.2) is 19.0 Å². The Balaban J connectivity index is 1.68. The number of carbonyl (C=O) groups excluding carboxylic acids is 2. The molecule has 3 aromatic carbocycles. The summed E-state index contributed by atoms with van der Waals surface area (Å²) >= 11 is 0. The summed E-state index contributed by atoms with van der Waals surface area (Å²) < 4.78 is 10.7. The summed E-state index contributed by atoms with van der Waals surface area (Å²) in [7, 11) is 1.58. The van der Waals surface area contributed by atoms with Gasteiger partial charge in [-0.3, -0.25) is 9.59 Å². The van der Waals surface area contributed by atoms with E-state index in [0.29, 0.717) is 23.4 Å². The average molecular weight is 389 g/mol. The van der Waals surface area contributed by atoms with Gasteiger partial charge in [-0.2, -0.15) is 0 Å². The molecule has 1 atom stereocenters. The summed E-state index contributed by atoms with van der Waals surface area (Å²) in [6.45, 7) is 0. The van der Waals surface area contributed by atoms with E-state index in [1.165, 1.54) is 0 Å². The van der Waals surface area contributed by atoms with Crippen LogP contribution in [0.15, 0.2) is 84.9 Å². The van der Waals surface area contributed by atoms with Crippen molar-refractivity contribution in [2.75, 3.05) is 12.4 Å². The number of ether oxygens (including phenoxy) is 2. The number of benzene rings is 3. The average Bonchev–Trinajstić information content (AvgIpc) is 2.78. The van der Waals surface area contributed by atoms with E-state index in [1.54, 1.807) is 55.6 Å². The predicted molar refractivity (Wildman–Crippen MR) is 112 cm³/mol. The molecule has 3 aromatic rings. The fourth-order valence-electron chi connectivity index (χ4n) is 2.86. The number of methoxy groups -OCH3 is 1. The Morgan fingerprint density at radius 1 is 0.862 bits per heavy atom. The summed E-state index contributed by atoms with van der Waals surface area (Å²) in [6, 6.07) is 25.6. The molecule has 0 aliphatic carbocycles. The topological polar surface area (TPSA) is 64.6 Å². The highest BCUT2D eigenvalue weighted by molar-refractivity contribution is 5.96. The highest BCUT2D eigenvalue weighted by Crippen LogP contribution is 2.22. The van der Waals surface area contributed by atoms with Gasteiger partial charge < -0.3 is 14.8 Å². The van der Waals surface area contributed by atoms with E-state index in [9.17, 15) is 9.59 Å². The van der Waals surface area contributed by atoms with Gasteiger partial charge in [-0.25, -0.2) is 0 Å². The number of anilines is 1. The molecule has 0 aliphatic rings. The second-order valence-corrected chi connectivity index (χ2v) is 6.48. The normalized spacial score (nSPS) is 11.3. The molecule has 1 unspecified atom stereocenters. The van der Waals surface area contributed by atoms with Gasteiger partial charge in [0.05, 0.1) is 7.11 Å². The second-order valence-electron chi connectivity index (χ2n) is 6.48. The van der Waals surface area contributed by atoms with E-state index < -0.39 is 18.0 Å². The zero-order valence-electron chi connectivity index (χ0n) is 16.2. The quantitative estimate of drug-likeness (QED) is 0.574. The molecule has 0 saturated heterocycles. The van der Waals surface area contributed by atoms with E-state index in [2.05, 4.69) is 5.32 Å². The molecule has 0 saturated carbocycles. The minimum atomic E-state index is -1.03. The third-order valence-electron chi connectivity index (χ3n) is 4.41. The number of hydrogen-bond donors (Lipinski definition) is 1. The summed E-state index contributed by atoms with van der Waals surface area (Å²) in [5.41, 5.74) is 2.26. The maximum Gasteiger partial charge on any atom is 0.307 e. The van der Waals surface area contributed by atoms with Crippen LogP contribution in [0, 0.1) is 0 Å². The SMILES string of the molecule is COc1ccc(NC(=O)C(OC(=O)CCc2ccccc2)c2ccccc2)cc1. The molecule has 0 fully saturated rings. The van der Waals surface area contributed by atoms with E-state index >= 15 is 0 Å². The molecule has 5 heteroatoms. The van der Waals surface area contributed by atoms with Crippen LogP contribution in [-0.2, 0) is 20.7 Å². The Morgan fingerprint density at radius 2 is 1.48 bits per heavy atom. The fraction of sp³-hybridized carbons (Fsp3) is 0.167. The van der Waals surface area contributed by atoms with Crippen LogP contribution in [0.3, 0.4) is 0 Å². The number of carbonyl (C=O) groups is 2. The Bertz CT molecular complexity index is 924. The third-order valence-corrected chi connectivity index (χ3v) is 4.41. The Kier molecular flexibility index (Phi) is 7.00. The largest absolute Gasteiger partial charge is 0.497 e. The highest BCUT2D eigenvalue weighted by Gasteiger charge is 2.25. The minimum absolute atomic E-state index is 0.198. The van der Waals surface area contributed by atoms with Gasteiger partial charge >= 0.3 is 5.97 Å². The van der Waals surface area contributed by atoms with Crippen molar-refractivity contribution in [1.29, 1.82) is 0 Å². The smallest absolute Gasteiger partial charge is 0.307 e. The van der Waals surface area contributed by atoms with Crippen LogP contribution in [0.4, 0.5) is 5.69 Å². The number of amides is 1. The molecule has 0 bridgehead atoms. The van der Waals surface area contributed by atoms with Crippen molar-refractivity contribution in [3.8, 4) is 5.75 Å². The van der Waals surface area contributed by atoms with Crippen molar-refractivity contribution < 1.29 is 19.1 Å². The van der Waals surface area contributed by atoms with Gasteiger partial charge in [-0.05, 0) is 36.2 Å². The molecule has 0 spiro atoms. The van der Waals surface area contributed by atoms with Crippen LogP contribution in [0.2, 0.25) is 0 Å². The lowest BCUT2D eigenvalue weighted by Crippen LogP contribution is -2.26. The molecule has 0 aromatic heterocycles. The molecule has 3 rings (SSSR count). The number of rotatable bonds is 8. The van der Waals surface area contributed by atoms with Gasteiger partial charge in [0.2, 0.25) is 6.10 Å². The number of hydrogen-bond acceptors (Lipinski definition) is 4. The fourth-order valence-corrected chi connectivity index (χ4v) is 2.86. The zero-order chi connectivity index (χ0) is 20.5. The Hall–Kier alpha value is -3.60. The van der Waals surface area contributed by atoms with E-state index in [-0.39, 0.29) is 6.42 Å². The van der Waals surface area contributed by atoms with E-state index in [4.69, 9.17) is 9.47 Å². The van der Waals surface area contributed by atoms with Crippen molar-refractivity contribution in [3.05, 3.63) is 96.1 Å². The molecule has 148 valence electrons. The molecular formula is C24H23NO4. The predicted octanol–water partition coefficient (Wildman–Crippen LogP) is 4.55. The first-order valence-electron chi connectivity index (χ1n) is 9.39. The summed E-state index contributed by atoms with van der Waals surface area (Å²) in [6.07, 6.45) is -0.272. The van der Waals surface area contributed by atoms with Crippen molar-refractivity contribution >= 4 is 17.6 Å². The molecule has 1 N–H and O–H groups in total. The van der Waals surface area contributed by atoms with Gasteiger partial charge in [0.15, 0.2) is 0 Å². The minimum Gasteiger partial charge on any atom is -0.497 e. The van der Waals surface area contributed by atoms with Gasteiger partial charge in [-0.1, -0.05) is 60.7 Å². The molecular weight excluding hydrogens is 366 g/mol. The highest BCUT2D eigenvalue weighted by atomic mass is 16.5. The molecule has 5 nitrogen and oxygen atoms in total. The molecule has 29 heavy (non-hydrogen) atoms. The Morgan fingerprint density at radius 3 is 2.10 bits per heavy atom. The maximum atomic E-state index is 12.9. The van der Waals surface area contributed by atoms with Gasteiger partial charge in [0.1, 0.15) is 5.75 Å². The van der Waals surface area contributed by atoms with E-state index in [1.807, 2.05) is 36.4 Å². The van der Waals surface area contributed by atoms with Gasteiger partial charge in [-0.15, -0.1) is 0 Å². The van der Waals surface area contributed by atoms with Crippen LogP contribution >= 0.6 is 0 Å². The summed E-state index contributed by atoms with van der Waals surface area (Å²) in [4.78, 5) is 25.3. The number of nitrogens with one attached hydrogen (secondary N) is 1. The lowest BCUT2D eigenvalue weighted by atomic mass is 10.1. The molecule has 0 heterocycles.